The quantitative estimate of drug-likeness (QED) is 0.0739. The Bertz CT molecular complexity index is 2510. The third-order valence-electron chi connectivity index (χ3n) is 14.2. The van der Waals surface area contributed by atoms with Crippen molar-refractivity contribution in [2.45, 2.75) is 128 Å². The average Bonchev–Trinajstić information content (AvgIpc) is 3.89. The Labute approximate surface area is 391 Å². The Kier molecular flexibility index (Phi) is 13.7. The SMILES string of the molecule is CCC1c2nnc(C)n2-c2cnc(Nc3ccc(C(=O)NC4CCN(C(=O)CCCCCNc5cccc6c5CN(C5CCC(=O)NC5=O)C6=O)CC4)cc3OC)nc2N1CC1CCCCC1. The van der Waals surface area contributed by atoms with Gasteiger partial charge in [0.05, 0.1) is 25.0 Å². The molecule has 9 rings (SSSR count). The van der Waals surface area contributed by atoms with Crippen molar-refractivity contribution in [2.75, 3.05) is 48.8 Å². The Morgan fingerprint density at radius 2 is 1.76 bits per heavy atom. The van der Waals surface area contributed by atoms with Crippen molar-refractivity contribution in [1.29, 1.82) is 0 Å². The first-order valence-corrected chi connectivity index (χ1v) is 24.2. The molecule has 2 unspecified atom stereocenters. The Hall–Kier alpha value is -6.59. The van der Waals surface area contributed by atoms with E-state index in [9.17, 15) is 24.0 Å². The summed E-state index contributed by atoms with van der Waals surface area (Å²) in [5.74, 6) is 3.10. The van der Waals surface area contributed by atoms with Crippen molar-refractivity contribution in [3.05, 3.63) is 70.9 Å². The first-order valence-electron chi connectivity index (χ1n) is 24.2. The van der Waals surface area contributed by atoms with Gasteiger partial charge in [-0.05, 0) is 94.5 Å². The van der Waals surface area contributed by atoms with Gasteiger partial charge in [0, 0.05) is 74.0 Å². The number of hydrogen-bond acceptors (Lipinski definition) is 13. The van der Waals surface area contributed by atoms with Crippen LogP contribution < -0.4 is 30.9 Å². The predicted molar refractivity (Wildman–Crippen MR) is 251 cm³/mol. The molecule has 1 aliphatic carbocycles. The van der Waals surface area contributed by atoms with Crippen LogP contribution in [0.5, 0.6) is 5.75 Å². The fourth-order valence-corrected chi connectivity index (χ4v) is 10.5. The second-order valence-electron chi connectivity index (χ2n) is 18.6. The molecule has 18 nitrogen and oxygen atoms in total. The standard InChI is InChI=1S/C49H62N12O6/c1-4-38-45-57-56-30(2)61(45)40-27-51-49(55-44(40)59(38)28-31-12-7-5-8-13-31)53-37-18-17-32(26-41(37)67-3)46(64)52-33-21-24-58(25-22-33)43(63)16-9-6-10-23-50-36-15-11-14-34-35(36)29-60(48(34)66)39-19-20-42(62)54-47(39)65/h11,14-15,17-18,26-27,31,33,38-39,50H,4-10,12-13,16,19-25,28-29H2,1-3H3,(H,52,64)(H,51,53,55)(H,54,62,65). The zero-order valence-corrected chi connectivity index (χ0v) is 38.8. The van der Waals surface area contributed by atoms with Crippen LogP contribution in [0.2, 0.25) is 0 Å². The van der Waals surface area contributed by atoms with Crippen molar-refractivity contribution in [3.8, 4) is 11.4 Å². The van der Waals surface area contributed by atoms with Gasteiger partial charge in [-0.15, -0.1) is 10.2 Å². The number of aromatic nitrogens is 5. The highest BCUT2D eigenvalue weighted by atomic mass is 16.5. The summed E-state index contributed by atoms with van der Waals surface area (Å²) < 4.78 is 7.85. The number of amides is 5. The lowest BCUT2D eigenvalue weighted by atomic mass is 9.88. The van der Waals surface area contributed by atoms with Gasteiger partial charge in [0.2, 0.25) is 23.7 Å². The number of rotatable bonds is 16. The lowest BCUT2D eigenvalue weighted by Gasteiger charge is -2.39. The largest absolute Gasteiger partial charge is 0.495 e. The molecule has 0 bridgehead atoms. The van der Waals surface area contributed by atoms with E-state index < -0.39 is 11.9 Å². The molecule has 5 amide bonds. The number of benzene rings is 2. The van der Waals surface area contributed by atoms with Crippen LogP contribution in [0.1, 0.15) is 141 Å². The summed E-state index contributed by atoms with van der Waals surface area (Å²) in [6, 6.07) is 10.2. The number of carbonyl (C=O) groups is 5. The van der Waals surface area contributed by atoms with E-state index >= 15 is 0 Å². The zero-order valence-electron chi connectivity index (χ0n) is 38.8. The fourth-order valence-electron chi connectivity index (χ4n) is 10.5. The monoisotopic (exact) mass is 914 g/mol. The molecule has 6 heterocycles. The Morgan fingerprint density at radius 1 is 0.940 bits per heavy atom. The summed E-state index contributed by atoms with van der Waals surface area (Å²) >= 11 is 0. The number of imide groups is 1. The summed E-state index contributed by atoms with van der Waals surface area (Å²) in [5, 5.41) is 21.4. The van der Waals surface area contributed by atoms with E-state index in [1.807, 2.05) is 36.2 Å². The van der Waals surface area contributed by atoms with Gasteiger partial charge in [0.25, 0.3) is 11.8 Å². The van der Waals surface area contributed by atoms with Crippen LogP contribution in [0, 0.1) is 12.8 Å². The highest BCUT2D eigenvalue weighted by molar-refractivity contribution is 6.06. The molecular weight excluding hydrogens is 853 g/mol. The molecule has 2 saturated heterocycles. The molecule has 2 atom stereocenters. The van der Waals surface area contributed by atoms with Gasteiger partial charge in [-0.2, -0.15) is 4.98 Å². The average molecular weight is 915 g/mol. The topological polar surface area (TPSA) is 209 Å². The Balaban J connectivity index is 0.730. The van der Waals surface area contributed by atoms with E-state index in [4.69, 9.17) is 14.7 Å². The van der Waals surface area contributed by atoms with E-state index in [-0.39, 0.29) is 42.1 Å². The lowest BCUT2D eigenvalue weighted by Crippen LogP contribution is -2.52. The van der Waals surface area contributed by atoms with E-state index in [2.05, 4.69) is 47.9 Å². The molecule has 3 fully saturated rings. The summed E-state index contributed by atoms with van der Waals surface area (Å²) in [4.78, 5) is 79.6. The number of nitrogens with one attached hydrogen (secondary N) is 4. The van der Waals surface area contributed by atoms with Crippen molar-refractivity contribution in [1.82, 2.24) is 45.2 Å². The third-order valence-corrected chi connectivity index (χ3v) is 14.2. The summed E-state index contributed by atoms with van der Waals surface area (Å²) in [5.41, 5.74) is 4.28. The number of anilines is 4. The number of likely N-dealkylation sites (tertiary alicyclic amines) is 1. The van der Waals surface area contributed by atoms with E-state index in [1.54, 1.807) is 30.2 Å². The number of methoxy groups -OCH3 is 1. The van der Waals surface area contributed by atoms with Gasteiger partial charge in [0.15, 0.2) is 11.6 Å². The number of hydrogen-bond donors (Lipinski definition) is 4. The molecule has 67 heavy (non-hydrogen) atoms. The van der Waals surface area contributed by atoms with Gasteiger partial charge in [-0.25, -0.2) is 4.98 Å². The minimum absolute atomic E-state index is 0.0491. The highest BCUT2D eigenvalue weighted by Crippen LogP contribution is 2.41. The first-order chi connectivity index (χ1) is 32.6. The van der Waals surface area contributed by atoms with Crippen LogP contribution in [0.4, 0.5) is 23.1 Å². The predicted octanol–water partition coefficient (Wildman–Crippen LogP) is 6.12. The molecule has 4 aromatic rings. The molecule has 18 heteroatoms. The van der Waals surface area contributed by atoms with Gasteiger partial charge in [-0.3, -0.25) is 33.9 Å². The molecule has 4 aliphatic heterocycles. The summed E-state index contributed by atoms with van der Waals surface area (Å²) in [6.07, 6.45) is 13.8. The normalized spacial score (nSPS) is 19.7. The van der Waals surface area contributed by atoms with Gasteiger partial charge >= 0.3 is 0 Å². The smallest absolute Gasteiger partial charge is 0.255 e. The highest BCUT2D eigenvalue weighted by Gasteiger charge is 2.40. The van der Waals surface area contributed by atoms with Crippen LogP contribution in [-0.4, -0.2) is 109 Å². The zero-order chi connectivity index (χ0) is 46.6. The van der Waals surface area contributed by atoms with Gasteiger partial charge in [-0.1, -0.05) is 38.7 Å². The number of unbranched alkanes of at least 4 members (excludes halogenated alkanes) is 2. The summed E-state index contributed by atoms with van der Waals surface area (Å²) in [7, 11) is 1.58. The lowest BCUT2D eigenvalue weighted by molar-refractivity contribution is -0.137. The molecule has 0 radical (unpaired) electrons. The number of aryl methyl sites for hydroxylation is 1. The van der Waals surface area contributed by atoms with Crippen molar-refractivity contribution < 1.29 is 28.7 Å². The van der Waals surface area contributed by atoms with Crippen LogP contribution in [0.25, 0.3) is 5.69 Å². The minimum Gasteiger partial charge on any atom is -0.495 e. The van der Waals surface area contributed by atoms with Crippen LogP contribution >= 0.6 is 0 Å². The third kappa shape index (κ3) is 9.66. The van der Waals surface area contributed by atoms with E-state index in [0.29, 0.717) is 86.3 Å². The molecule has 1 saturated carbocycles. The van der Waals surface area contributed by atoms with Gasteiger partial charge in [0.1, 0.15) is 23.3 Å². The van der Waals surface area contributed by atoms with Crippen LogP contribution in [-0.2, 0) is 20.9 Å². The number of piperidine rings is 2. The number of ether oxygens (including phenoxy) is 1. The van der Waals surface area contributed by atoms with Gasteiger partial charge < -0.3 is 35.4 Å². The molecule has 0 spiro atoms. The molecule has 5 aliphatic rings. The van der Waals surface area contributed by atoms with Crippen molar-refractivity contribution in [3.63, 3.8) is 0 Å². The number of fused-ring (bicyclic) bond motifs is 4. The minimum atomic E-state index is -0.651. The number of nitrogens with zero attached hydrogens (tertiary/aromatic N) is 8. The fraction of sp³-hybridized carbons (Fsp3) is 0.531. The van der Waals surface area contributed by atoms with E-state index in [0.717, 1.165) is 66.6 Å². The first kappa shape index (κ1) is 45.6. The van der Waals surface area contributed by atoms with Crippen molar-refractivity contribution in [2.24, 2.45) is 5.92 Å². The van der Waals surface area contributed by atoms with Crippen LogP contribution in [0.3, 0.4) is 0 Å². The molecule has 4 N–H and O–H groups in total. The number of carbonyl (C=O) groups excluding carboxylic acids is 5. The molecule has 2 aromatic heterocycles. The van der Waals surface area contributed by atoms with Crippen molar-refractivity contribution >= 4 is 52.7 Å². The molecule has 354 valence electrons. The van der Waals surface area contributed by atoms with Crippen LogP contribution in [0.15, 0.2) is 42.6 Å². The maximum atomic E-state index is 13.5. The summed E-state index contributed by atoms with van der Waals surface area (Å²) in [6.45, 7) is 7.21. The van der Waals surface area contributed by atoms with E-state index in [1.165, 1.54) is 32.1 Å². The molecule has 2 aromatic carbocycles. The second-order valence-corrected chi connectivity index (χ2v) is 18.6. The Morgan fingerprint density at radius 3 is 2.54 bits per heavy atom. The second kappa shape index (κ2) is 20.1. The maximum Gasteiger partial charge on any atom is 0.255 e. The maximum absolute atomic E-state index is 13.5. The molecular formula is C49H62N12O6.